The fraction of sp³-hybridized carbons (Fsp3) is 0.542. The average molecular weight is 438 g/mol. The summed E-state index contributed by atoms with van der Waals surface area (Å²) in [6.07, 6.45) is 8.93. The van der Waals surface area contributed by atoms with Crippen molar-refractivity contribution in [2.75, 3.05) is 20.1 Å². The Bertz CT molecular complexity index is 1060. The molecule has 31 heavy (non-hydrogen) atoms. The summed E-state index contributed by atoms with van der Waals surface area (Å²) in [5.41, 5.74) is 5.76. The summed E-state index contributed by atoms with van der Waals surface area (Å²) in [4.78, 5) is 31.3. The highest BCUT2D eigenvalue weighted by molar-refractivity contribution is 7.10. The van der Waals surface area contributed by atoms with Gasteiger partial charge in [-0.25, -0.2) is 4.98 Å². The number of amides is 1. The zero-order chi connectivity index (χ0) is 21.4. The number of nitrogens with zero attached hydrogens (tertiary/aromatic N) is 4. The van der Waals surface area contributed by atoms with Crippen molar-refractivity contribution < 1.29 is 4.79 Å². The first-order valence-electron chi connectivity index (χ1n) is 11.4. The zero-order valence-corrected chi connectivity index (χ0v) is 19.2. The third-order valence-electron chi connectivity index (χ3n) is 7.04. The van der Waals surface area contributed by atoms with E-state index in [2.05, 4.69) is 50.2 Å². The highest BCUT2D eigenvalue weighted by Gasteiger charge is 2.33. The zero-order valence-electron chi connectivity index (χ0n) is 18.4. The Morgan fingerprint density at radius 1 is 1.19 bits per heavy atom. The van der Waals surface area contributed by atoms with Gasteiger partial charge in [0.2, 0.25) is 5.91 Å². The van der Waals surface area contributed by atoms with Crippen molar-refractivity contribution in [2.45, 2.75) is 58.0 Å². The third kappa shape index (κ3) is 4.13. The summed E-state index contributed by atoms with van der Waals surface area (Å²) < 4.78 is 0. The smallest absolute Gasteiger partial charge is 0.225 e. The normalized spacial score (nSPS) is 18.1. The molecule has 7 heteroatoms. The number of aromatic nitrogens is 3. The molecule has 164 valence electrons. The van der Waals surface area contributed by atoms with Crippen LogP contribution in [0, 0.1) is 12.8 Å². The number of thiophene rings is 1. The fourth-order valence-corrected chi connectivity index (χ4v) is 5.91. The molecule has 1 aliphatic heterocycles. The van der Waals surface area contributed by atoms with E-state index in [1.807, 2.05) is 11.3 Å². The lowest BCUT2D eigenvalue weighted by Gasteiger charge is -2.36. The Hall–Kier alpha value is -2.25. The number of fused-ring (bicyclic) bond motifs is 1. The molecular formula is C24H31N5OS. The molecule has 2 aliphatic rings. The minimum atomic E-state index is 0.294. The van der Waals surface area contributed by atoms with E-state index in [1.54, 1.807) is 12.4 Å². The minimum Gasteiger partial charge on any atom is -0.342 e. The number of likely N-dealkylation sites (tertiary alicyclic amines) is 1. The van der Waals surface area contributed by atoms with Gasteiger partial charge in [-0.1, -0.05) is 6.42 Å². The van der Waals surface area contributed by atoms with E-state index in [9.17, 15) is 4.79 Å². The Labute approximate surface area is 187 Å². The summed E-state index contributed by atoms with van der Waals surface area (Å²) in [5, 5.41) is 2.17. The second-order valence-corrected chi connectivity index (χ2v) is 10.2. The van der Waals surface area contributed by atoms with E-state index in [0.29, 0.717) is 17.7 Å². The number of nitrogens with one attached hydrogen (secondary N) is 1. The van der Waals surface area contributed by atoms with Gasteiger partial charge in [0, 0.05) is 66.5 Å². The maximum absolute atomic E-state index is 12.6. The first kappa shape index (κ1) is 20.6. The molecule has 4 heterocycles. The van der Waals surface area contributed by atoms with Crippen molar-refractivity contribution >= 4 is 28.4 Å². The van der Waals surface area contributed by atoms with Gasteiger partial charge >= 0.3 is 0 Å². The van der Waals surface area contributed by atoms with Crippen LogP contribution in [0.4, 0.5) is 0 Å². The summed E-state index contributed by atoms with van der Waals surface area (Å²) >= 11 is 1.82. The van der Waals surface area contributed by atoms with Crippen molar-refractivity contribution in [2.24, 2.45) is 5.92 Å². The van der Waals surface area contributed by atoms with E-state index in [-0.39, 0.29) is 0 Å². The number of aromatic amines is 1. The van der Waals surface area contributed by atoms with Crippen LogP contribution in [-0.4, -0.2) is 50.8 Å². The molecule has 3 aromatic heterocycles. The van der Waals surface area contributed by atoms with E-state index in [4.69, 9.17) is 0 Å². The van der Waals surface area contributed by atoms with Crippen molar-refractivity contribution in [3.63, 3.8) is 0 Å². The van der Waals surface area contributed by atoms with Gasteiger partial charge in [-0.15, -0.1) is 11.3 Å². The van der Waals surface area contributed by atoms with Crippen LogP contribution in [0.15, 0.2) is 23.8 Å². The molecule has 1 N–H and O–H groups in total. The minimum absolute atomic E-state index is 0.294. The number of piperidine rings is 1. The quantitative estimate of drug-likeness (QED) is 0.618. The third-order valence-corrected chi connectivity index (χ3v) is 8.05. The Balaban J connectivity index is 1.34. The molecule has 0 atom stereocenters. The SMILES string of the molecule is Cc1ccsc1CN(C)Cc1c(C2CCN(C(=O)C3CCC3)CC2)[nH]c2nccnc12. The van der Waals surface area contributed by atoms with Gasteiger partial charge < -0.3 is 9.88 Å². The summed E-state index contributed by atoms with van der Waals surface area (Å²) in [7, 11) is 2.18. The molecule has 0 unspecified atom stereocenters. The molecule has 3 aromatic rings. The Kier molecular flexibility index (Phi) is 5.80. The molecule has 0 spiro atoms. The maximum atomic E-state index is 12.6. The van der Waals surface area contributed by atoms with Gasteiger partial charge in [0.15, 0.2) is 5.65 Å². The number of H-pyrrole nitrogens is 1. The number of rotatable bonds is 6. The van der Waals surface area contributed by atoms with Gasteiger partial charge in [0.1, 0.15) is 5.52 Å². The highest BCUT2D eigenvalue weighted by atomic mass is 32.1. The van der Waals surface area contributed by atoms with Gasteiger partial charge in [-0.3, -0.25) is 14.7 Å². The predicted molar refractivity (Wildman–Crippen MR) is 124 cm³/mol. The largest absolute Gasteiger partial charge is 0.342 e. The van der Waals surface area contributed by atoms with Gasteiger partial charge in [-0.05, 0) is 56.7 Å². The molecule has 5 rings (SSSR count). The monoisotopic (exact) mass is 437 g/mol. The standard InChI is InChI=1S/C24H31N5OS/c1-16-8-13-31-20(16)15-28(2)14-19-21(27-23-22(19)25-9-10-26-23)17-6-11-29(12-7-17)24(30)18-4-3-5-18/h8-10,13,17-18H,3-7,11-12,14-15H2,1-2H3,(H,26,27). The molecule has 1 aliphatic carbocycles. The van der Waals surface area contributed by atoms with Crippen LogP contribution in [0.25, 0.3) is 11.2 Å². The average Bonchev–Trinajstić information content (AvgIpc) is 3.30. The van der Waals surface area contributed by atoms with E-state index in [1.165, 1.54) is 28.1 Å². The molecule has 0 bridgehead atoms. The second-order valence-electron chi connectivity index (χ2n) is 9.20. The highest BCUT2D eigenvalue weighted by Crippen LogP contribution is 2.35. The van der Waals surface area contributed by atoms with Gasteiger partial charge in [0.05, 0.1) is 0 Å². The summed E-state index contributed by atoms with van der Waals surface area (Å²) in [6.45, 7) is 5.68. The van der Waals surface area contributed by atoms with Crippen LogP contribution in [0.3, 0.4) is 0 Å². The number of hydrogen-bond acceptors (Lipinski definition) is 5. The predicted octanol–water partition coefficient (Wildman–Crippen LogP) is 4.47. The molecule has 1 saturated carbocycles. The van der Waals surface area contributed by atoms with Crippen LogP contribution in [0.2, 0.25) is 0 Å². The number of carbonyl (C=O) groups excluding carboxylic acids is 1. The molecule has 2 fully saturated rings. The number of aryl methyl sites for hydroxylation is 1. The molecule has 0 aromatic carbocycles. The van der Waals surface area contributed by atoms with Crippen molar-refractivity contribution in [1.82, 2.24) is 24.8 Å². The van der Waals surface area contributed by atoms with Gasteiger partial charge in [0.25, 0.3) is 0 Å². The summed E-state index contributed by atoms with van der Waals surface area (Å²) in [6, 6.07) is 2.19. The second kappa shape index (κ2) is 8.71. The van der Waals surface area contributed by atoms with E-state index in [0.717, 1.165) is 63.0 Å². The van der Waals surface area contributed by atoms with E-state index >= 15 is 0 Å². The summed E-state index contributed by atoms with van der Waals surface area (Å²) in [5.74, 6) is 1.10. The van der Waals surface area contributed by atoms with Gasteiger partial charge in [-0.2, -0.15) is 0 Å². The number of carbonyl (C=O) groups is 1. The lowest BCUT2D eigenvalue weighted by molar-refractivity contribution is -0.139. The Morgan fingerprint density at radius 3 is 2.65 bits per heavy atom. The van der Waals surface area contributed by atoms with Crippen LogP contribution in [0.5, 0.6) is 0 Å². The number of hydrogen-bond donors (Lipinski definition) is 1. The fourth-order valence-electron chi connectivity index (χ4n) is 4.93. The maximum Gasteiger partial charge on any atom is 0.225 e. The van der Waals surface area contributed by atoms with E-state index < -0.39 is 0 Å². The lowest BCUT2D eigenvalue weighted by atomic mass is 9.83. The first-order valence-corrected chi connectivity index (χ1v) is 12.3. The van der Waals surface area contributed by atoms with Crippen molar-refractivity contribution in [3.05, 3.63) is 45.5 Å². The topological polar surface area (TPSA) is 65.1 Å². The lowest BCUT2D eigenvalue weighted by Crippen LogP contribution is -2.43. The first-order chi connectivity index (χ1) is 15.1. The van der Waals surface area contributed by atoms with Crippen LogP contribution < -0.4 is 0 Å². The molecule has 1 saturated heterocycles. The molecule has 1 amide bonds. The molecule has 0 radical (unpaired) electrons. The Morgan fingerprint density at radius 2 is 1.97 bits per heavy atom. The molecule has 6 nitrogen and oxygen atoms in total. The van der Waals surface area contributed by atoms with Crippen LogP contribution in [-0.2, 0) is 17.9 Å². The molecular weight excluding hydrogens is 406 g/mol. The van der Waals surface area contributed by atoms with Crippen LogP contribution in [0.1, 0.15) is 59.7 Å². The van der Waals surface area contributed by atoms with Crippen molar-refractivity contribution in [3.8, 4) is 0 Å². The van der Waals surface area contributed by atoms with Crippen molar-refractivity contribution in [1.29, 1.82) is 0 Å². The van der Waals surface area contributed by atoms with Crippen LogP contribution >= 0.6 is 11.3 Å².